The molecule has 0 aromatic carbocycles. The summed E-state index contributed by atoms with van der Waals surface area (Å²) < 4.78 is 0. The number of hydrogen-bond donors (Lipinski definition) is 2. The molecule has 0 radical (unpaired) electrons. The van der Waals surface area contributed by atoms with Crippen LogP contribution < -0.4 is 11.1 Å². The van der Waals surface area contributed by atoms with Crippen molar-refractivity contribution in [3.05, 3.63) is 6.07 Å². The highest BCUT2D eigenvalue weighted by molar-refractivity contribution is 7.98. The van der Waals surface area contributed by atoms with Crippen molar-refractivity contribution < 1.29 is 0 Å². The molecule has 0 saturated heterocycles. The van der Waals surface area contributed by atoms with Crippen LogP contribution in [0, 0.1) is 5.92 Å². The maximum absolute atomic E-state index is 5.73. The van der Waals surface area contributed by atoms with Crippen molar-refractivity contribution in [2.45, 2.75) is 51.1 Å². The van der Waals surface area contributed by atoms with E-state index in [1.807, 2.05) is 6.26 Å². The quantitative estimate of drug-likeness (QED) is 0.410. The molecule has 1 heterocycles. The number of thioether (sulfide) groups is 1. The molecule has 1 rings (SSSR count). The smallest absolute Gasteiger partial charge is 0.191 e. The summed E-state index contributed by atoms with van der Waals surface area (Å²) in [4.78, 5) is 8.50. The Bertz CT molecular complexity index is 368. The van der Waals surface area contributed by atoms with E-state index >= 15 is 0 Å². The van der Waals surface area contributed by atoms with Gasteiger partial charge in [-0.1, -0.05) is 51.3 Å². The zero-order chi connectivity index (χ0) is 14.1. The molecule has 0 aliphatic heterocycles. The number of nitrogens with zero attached hydrogens (tertiary/aromatic N) is 2. The third kappa shape index (κ3) is 7.25. The fourth-order valence-electron chi connectivity index (χ4n) is 1.87. The van der Waals surface area contributed by atoms with Gasteiger partial charge in [-0.3, -0.25) is 0 Å². The molecule has 4 nitrogen and oxygen atoms in total. The summed E-state index contributed by atoms with van der Waals surface area (Å²) in [5.74, 6) is 2.19. The van der Waals surface area contributed by atoms with Gasteiger partial charge in [-0.25, -0.2) is 9.97 Å². The van der Waals surface area contributed by atoms with Crippen LogP contribution in [0.15, 0.2) is 11.2 Å². The van der Waals surface area contributed by atoms with Crippen LogP contribution in [-0.4, -0.2) is 22.8 Å². The number of rotatable bonds is 9. The number of unbranched alkanes of at least 4 members (excludes halogenated alkanes) is 3. The maximum atomic E-state index is 5.73. The molecule has 0 aliphatic carbocycles. The Hall–Kier alpha value is -0.970. The van der Waals surface area contributed by atoms with Gasteiger partial charge in [-0.05, 0) is 18.6 Å². The number of aromatic nitrogens is 2. The lowest BCUT2D eigenvalue weighted by molar-refractivity contribution is 0.523. The van der Waals surface area contributed by atoms with E-state index in [0.29, 0.717) is 5.82 Å². The lowest BCUT2D eigenvalue weighted by Crippen LogP contribution is -2.06. The Morgan fingerprint density at radius 3 is 2.63 bits per heavy atom. The van der Waals surface area contributed by atoms with Gasteiger partial charge >= 0.3 is 0 Å². The summed E-state index contributed by atoms with van der Waals surface area (Å²) in [6, 6.07) is 1.79. The predicted molar refractivity (Wildman–Crippen MR) is 84.6 cm³/mol. The van der Waals surface area contributed by atoms with Gasteiger partial charge in [0.15, 0.2) is 5.16 Å². The second-order valence-electron chi connectivity index (χ2n) is 5.19. The van der Waals surface area contributed by atoms with E-state index in [1.54, 1.807) is 6.07 Å². The summed E-state index contributed by atoms with van der Waals surface area (Å²) in [5, 5.41) is 4.04. The van der Waals surface area contributed by atoms with Crippen molar-refractivity contribution in [1.29, 1.82) is 0 Å². The van der Waals surface area contributed by atoms with Crippen molar-refractivity contribution >= 4 is 23.4 Å². The van der Waals surface area contributed by atoms with Gasteiger partial charge in [0.1, 0.15) is 11.6 Å². The van der Waals surface area contributed by atoms with Gasteiger partial charge in [-0.2, -0.15) is 0 Å². The topological polar surface area (TPSA) is 63.8 Å². The van der Waals surface area contributed by atoms with E-state index in [-0.39, 0.29) is 0 Å². The molecule has 0 fully saturated rings. The molecule has 19 heavy (non-hydrogen) atoms. The van der Waals surface area contributed by atoms with E-state index < -0.39 is 0 Å². The van der Waals surface area contributed by atoms with Crippen molar-refractivity contribution in [3.8, 4) is 0 Å². The van der Waals surface area contributed by atoms with Gasteiger partial charge in [0.2, 0.25) is 0 Å². The Labute approximate surface area is 121 Å². The van der Waals surface area contributed by atoms with Gasteiger partial charge in [0.05, 0.1) is 0 Å². The Kier molecular flexibility index (Phi) is 7.63. The molecule has 108 valence electrons. The average Bonchev–Trinajstić information content (AvgIpc) is 2.36. The number of hydrogen-bond acceptors (Lipinski definition) is 5. The van der Waals surface area contributed by atoms with Gasteiger partial charge in [-0.15, -0.1) is 0 Å². The summed E-state index contributed by atoms with van der Waals surface area (Å²) in [6.45, 7) is 5.51. The van der Waals surface area contributed by atoms with Crippen LogP contribution in [0.1, 0.15) is 46.0 Å². The zero-order valence-corrected chi connectivity index (χ0v) is 13.1. The van der Waals surface area contributed by atoms with Crippen LogP contribution >= 0.6 is 11.8 Å². The third-order valence-electron chi connectivity index (χ3n) is 2.92. The van der Waals surface area contributed by atoms with Crippen LogP contribution in [0.2, 0.25) is 0 Å². The van der Waals surface area contributed by atoms with E-state index in [1.165, 1.54) is 43.9 Å². The zero-order valence-electron chi connectivity index (χ0n) is 12.3. The van der Waals surface area contributed by atoms with Crippen LogP contribution in [0.4, 0.5) is 11.6 Å². The number of nitrogens with two attached hydrogens (primary N) is 1. The molecule has 0 aliphatic rings. The molecule has 1 aromatic heterocycles. The highest BCUT2D eigenvalue weighted by Crippen LogP contribution is 2.15. The second kappa shape index (κ2) is 9.02. The number of nitrogen functional groups attached to an aromatic ring is 1. The summed E-state index contributed by atoms with van der Waals surface area (Å²) in [7, 11) is 0. The van der Waals surface area contributed by atoms with E-state index in [2.05, 4.69) is 29.1 Å². The van der Waals surface area contributed by atoms with E-state index in [4.69, 9.17) is 5.73 Å². The summed E-state index contributed by atoms with van der Waals surface area (Å²) in [5.41, 5.74) is 5.73. The van der Waals surface area contributed by atoms with Gasteiger partial charge in [0, 0.05) is 12.6 Å². The Morgan fingerprint density at radius 2 is 1.95 bits per heavy atom. The highest BCUT2D eigenvalue weighted by atomic mass is 32.2. The third-order valence-corrected chi connectivity index (χ3v) is 3.47. The lowest BCUT2D eigenvalue weighted by Gasteiger charge is -2.08. The Morgan fingerprint density at radius 1 is 1.21 bits per heavy atom. The first kappa shape index (κ1) is 16.1. The van der Waals surface area contributed by atoms with E-state index in [0.717, 1.165) is 23.4 Å². The number of nitrogens with one attached hydrogen (secondary N) is 1. The van der Waals surface area contributed by atoms with Crippen molar-refractivity contribution in [2.24, 2.45) is 5.92 Å². The number of anilines is 2. The van der Waals surface area contributed by atoms with Gasteiger partial charge in [0.25, 0.3) is 0 Å². The summed E-state index contributed by atoms with van der Waals surface area (Å²) >= 11 is 1.51. The SMILES string of the molecule is CSc1nc(N)cc(NCCCCCCC(C)C)n1. The first-order valence-corrected chi connectivity index (χ1v) is 8.26. The molecule has 3 N–H and O–H groups in total. The molecule has 0 unspecified atom stereocenters. The maximum Gasteiger partial charge on any atom is 0.191 e. The van der Waals surface area contributed by atoms with E-state index in [9.17, 15) is 0 Å². The normalized spacial score (nSPS) is 10.9. The average molecular weight is 282 g/mol. The lowest BCUT2D eigenvalue weighted by atomic mass is 10.0. The van der Waals surface area contributed by atoms with Crippen LogP contribution in [-0.2, 0) is 0 Å². The minimum Gasteiger partial charge on any atom is -0.383 e. The molecule has 0 bridgehead atoms. The Balaban J connectivity index is 2.17. The molecular formula is C14H26N4S. The van der Waals surface area contributed by atoms with Crippen LogP contribution in [0.25, 0.3) is 0 Å². The first-order valence-electron chi connectivity index (χ1n) is 7.04. The van der Waals surface area contributed by atoms with Gasteiger partial charge < -0.3 is 11.1 Å². The van der Waals surface area contributed by atoms with Crippen LogP contribution in [0.3, 0.4) is 0 Å². The summed E-state index contributed by atoms with van der Waals surface area (Å²) in [6.07, 6.45) is 8.41. The molecule has 0 atom stereocenters. The largest absolute Gasteiger partial charge is 0.383 e. The highest BCUT2D eigenvalue weighted by Gasteiger charge is 2.01. The van der Waals surface area contributed by atoms with Crippen molar-refractivity contribution in [2.75, 3.05) is 23.9 Å². The van der Waals surface area contributed by atoms with Crippen molar-refractivity contribution in [1.82, 2.24) is 9.97 Å². The molecular weight excluding hydrogens is 256 g/mol. The monoisotopic (exact) mass is 282 g/mol. The fourth-order valence-corrected chi connectivity index (χ4v) is 2.26. The second-order valence-corrected chi connectivity index (χ2v) is 5.96. The minimum absolute atomic E-state index is 0.527. The molecule has 1 aromatic rings. The molecule has 5 heteroatoms. The fraction of sp³-hybridized carbons (Fsp3) is 0.714. The molecule has 0 saturated carbocycles. The standard InChI is InChI=1S/C14H26N4S/c1-11(2)8-6-4-5-7-9-16-13-10-12(15)17-14(18-13)19-3/h10-11H,4-9H2,1-3H3,(H3,15,16,17,18). The van der Waals surface area contributed by atoms with Crippen molar-refractivity contribution in [3.63, 3.8) is 0 Å². The predicted octanol–water partition coefficient (Wildman–Crippen LogP) is 3.80. The molecule has 0 spiro atoms. The first-order chi connectivity index (χ1) is 9.11. The molecule has 0 amide bonds. The minimum atomic E-state index is 0.527. The van der Waals surface area contributed by atoms with Crippen LogP contribution in [0.5, 0.6) is 0 Å².